The maximum atomic E-state index is 12.4. The Kier molecular flexibility index (Phi) is 4.34. The van der Waals surface area contributed by atoms with E-state index in [-0.39, 0.29) is 23.2 Å². The molecule has 1 aliphatic heterocycles. The number of rotatable bonds is 3. The quantitative estimate of drug-likeness (QED) is 0.890. The van der Waals surface area contributed by atoms with E-state index < -0.39 is 5.97 Å². The third-order valence-corrected chi connectivity index (χ3v) is 3.80. The minimum absolute atomic E-state index is 0.0152. The Hall–Kier alpha value is -1.95. The standard InChI is InChI=1S/C14H19N3O3/c1-16-8-5-10(6-9-16)17(2)13(18)12-11(14(19)20)4-3-7-15-12/h3-4,7,10H,5-6,8-9H2,1-2H3,(H,19,20). The van der Waals surface area contributed by atoms with Crippen LogP contribution in [0.4, 0.5) is 0 Å². The highest BCUT2D eigenvalue weighted by Crippen LogP contribution is 2.17. The third kappa shape index (κ3) is 2.96. The predicted octanol–water partition coefficient (Wildman–Crippen LogP) is 0.946. The Morgan fingerprint density at radius 3 is 2.65 bits per heavy atom. The molecule has 0 spiro atoms. The minimum atomic E-state index is -1.13. The lowest BCUT2D eigenvalue weighted by molar-refractivity contribution is 0.0627. The number of amides is 1. The molecule has 2 heterocycles. The zero-order valence-electron chi connectivity index (χ0n) is 11.7. The second-order valence-corrected chi connectivity index (χ2v) is 5.16. The second kappa shape index (κ2) is 6.00. The van der Waals surface area contributed by atoms with Crippen LogP contribution < -0.4 is 0 Å². The Morgan fingerprint density at radius 2 is 2.05 bits per heavy atom. The molecule has 0 unspecified atom stereocenters. The van der Waals surface area contributed by atoms with Gasteiger partial charge in [0.1, 0.15) is 5.69 Å². The van der Waals surface area contributed by atoms with Crippen molar-refractivity contribution in [2.45, 2.75) is 18.9 Å². The number of hydrogen-bond acceptors (Lipinski definition) is 4. The first kappa shape index (κ1) is 14.5. The molecule has 2 rings (SSSR count). The number of aromatic carboxylic acids is 1. The van der Waals surface area contributed by atoms with Gasteiger partial charge in [0.15, 0.2) is 0 Å². The van der Waals surface area contributed by atoms with E-state index in [0.29, 0.717) is 0 Å². The van der Waals surface area contributed by atoms with Crippen LogP contribution in [0.2, 0.25) is 0 Å². The van der Waals surface area contributed by atoms with Gasteiger partial charge in [-0.1, -0.05) is 0 Å². The Labute approximate surface area is 118 Å². The molecule has 0 aromatic carbocycles. The maximum Gasteiger partial charge on any atom is 0.338 e. The average Bonchev–Trinajstić information content (AvgIpc) is 2.46. The molecule has 0 radical (unpaired) electrons. The number of carbonyl (C=O) groups is 2. The normalized spacial score (nSPS) is 16.9. The fourth-order valence-electron chi connectivity index (χ4n) is 2.46. The van der Waals surface area contributed by atoms with Crippen LogP contribution in [-0.2, 0) is 0 Å². The van der Waals surface area contributed by atoms with Crippen LogP contribution in [-0.4, -0.2) is 65.0 Å². The molecular formula is C14H19N3O3. The fraction of sp³-hybridized carbons (Fsp3) is 0.500. The number of aromatic nitrogens is 1. The molecule has 0 bridgehead atoms. The van der Waals surface area contributed by atoms with Gasteiger partial charge in [0, 0.05) is 19.3 Å². The molecule has 1 amide bonds. The topological polar surface area (TPSA) is 73.7 Å². The molecule has 0 aliphatic carbocycles. The highest BCUT2D eigenvalue weighted by atomic mass is 16.4. The van der Waals surface area contributed by atoms with Gasteiger partial charge in [0.2, 0.25) is 0 Å². The zero-order chi connectivity index (χ0) is 14.7. The van der Waals surface area contributed by atoms with Crippen molar-refractivity contribution in [3.63, 3.8) is 0 Å². The van der Waals surface area contributed by atoms with Gasteiger partial charge in [-0.05, 0) is 45.1 Å². The van der Waals surface area contributed by atoms with Gasteiger partial charge in [-0.25, -0.2) is 4.79 Å². The van der Waals surface area contributed by atoms with Crippen molar-refractivity contribution in [1.82, 2.24) is 14.8 Å². The van der Waals surface area contributed by atoms with Gasteiger partial charge < -0.3 is 14.9 Å². The van der Waals surface area contributed by atoms with Crippen molar-refractivity contribution < 1.29 is 14.7 Å². The van der Waals surface area contributed by atoms with Crippen LogP contribution in [0.1, 0.15) is 33.7 Å². The molecule has 0 atom stereocenters. The lowest BCUT2D eigenvalue weighted by Crippen LogP contribution is -2.45. The number of carboxylic acid groups (broad SMARTS) is 1. The molecule has 1 N–H and O–H groups in total. The fourth-order valence-corrected chi connectivity index (χ4v) is 2.46. The Morgan fingerprint density at radius 1 is 1.40 bits per heavy atom. The number of piperidine rings is 1. The van der Waals surface area contributed by atoms with E-state index >= 15 is 0 Å². The smallest absolute Gasteiger partial charge is 0.338 e. The van der Waals surface area contributed by atoms with Gasteiger partial charge in [-0.3, -0.25) is 9.78 Å². The van der Waals surface area contributed by atoms with E-state index in [0.717, 1.165) is 25.9 Å². The highest BCUT2D eigenvalue weighted by molar-refractivity contribution is 6.03. The summed E-state index contributed by atoms with van der Waals surface area (Å²) in [6.45, 7) is 1.88. The van der Waals surface area contributed by atoms with Crippen LogP contribution in [0, 0.1) is 0 Å². The first-order chi connectivity index (χ1) is 9.50. The molecule has 20 heavy (non-hydrogen) atoms. The maximum absolute atomic E-state index is 12.4. The first-order valence-corrected chi connectivity index (χ1v) is 6.64. The van der Waals surface area contributed by atoms with Crippen LogP contribution in [0.15, 0.2) is 18.3 Å². The lowest BCUT2D eigenvalue weighted by atomic mass is 10.0. The number of pyridine rings is 1. The van der Waals surface area contributed by atoms with E-state index in [2.05, 4.69) is 16.9 Å². The first-order valence-electron chi connectivity index (χ1n) is 6.64. The van der Waals surface area contributed by atoms with Crippen LogP contribution >= 0.6 is 0 Å². The summed E-state index contributed by atoms with van der Waals surface area (Å²) in [5.41, 5.74) is -0.0290. The van der Waals surface area contributed by atoms with Crippen LogP contribution in [0.25, 0.3) is 0 Å². The minimum Gasteiger partial charge on any atom is -0.478 e. The average molecular weight is 277 g/mol. The van der Waals surface area contributed by atoms with E-state index in [1.165, 1.54) is 18.3 Å². The van der Waals surface area contributed by atoms with Gasteiger partial charge in [-0.2, -0.15) is 0 Å². The van der Waals surface area contributed by atoms with Crippen molar-refractivity contribution in [2.75, 3.05) is 27.2 Å². The number of hydrogen-bond donors (Lipinski definition) is 1. The molecule has 1 aromatic heterocycles. The van der Waals surface area contributed by atoms with Gasteiger partial charge in [0.25, 0.3) is 5.91 Å². The summed E-state index contributed by atoms with van der Waals surface area (Å²) in [5.74, 6) is -1.45. The Bertz CT molecular complexity index is 510. The SMILES string of the molecule is CN1CCC(N(C)C(=O)c2ncccc2C(=O)O)CC1. The number of likely N-dealkylation sites (tertiary alicyclic amines) is 1. The number of carboxylic acids is 1. The molecule has 1 saturated heterocycles. The summed E-state index contributed by atoms with van der Waals surface area (Å²) in [4.78, 5) is 31.4. The Balaban J connectivity index is 2.17. The monoisotopic (exact) mass is 277 g/mol. The highest BCUT2D eigenvalue weighted by Gasteiger charge is 2.27. The van der Waals surface area contributed by atoms with Gasteiger partial charge in [-0.15, -0.1) is 0 Å². The summed E-state index contributed by atoms with van der Waals surface area (Å²) >= 11 is 0. The van der Waals surface area contributed by atoms with Gasteiger partial charge >= 0.3 is 5.97 Å². The van der Waals surface area contributed by atoms with Crippen molar-refractivity contribution >= 4 is 11.9 Å². The number of carbonyl (C=O) groups excluding carboxylic acids is 1. The lowest BCUT2D eigenvalue weighted by Gasteiger charge is -2.35. The molecule has 108 valence electrons. The number of nitrogens with zero attached hydrogens (tertiary/aromatic N) is 3. The zero-order valence-corrected chi connectivity index (χ0v) is 11.7. The van der Waals surface area contributed by atoms with Crippen molar-refractivity contribution in [1.29, 1.82) is 0 Å². The van der Waals surface area contributed by atoms with Crippen LogP contribution in [0.3, 0.4) is 0 Å². The molecule has 6 nitrogen and oxygen atoms in total. The van der Waals surface area contributed by atoms with Crippen molar-refractivity contribution in [3.8, 4) is 0 Å². The third-order valence-electron chi connectivity index (χ3n) is 3.80. The van der Waals surface area contributed by atoms with E-state index in [4.69, 9.17) is 5.11 Å². The molecule has 1 aromatic rings. The van der Waals surface area contributed by atoms with E-state index in [1.807, 2.05) is 0 Å². The predicted molar refractivity (Wildman–Crippen MR) is 73.8 cm³/mol. The van der Waals surface area contributed by atoms with Crippen LogP contribution in [0.5, 0.6) is 0 Å². The largest absolute Gasteiger partial charge is 0.478 e. The van der Waals surface area contributed by atoms with Crippen molar-refractivity contribution in [3.05, 3.63) is 29.6 Å². The molecule has 0 saturated carbocycles. The summed E-state index contributed by atoms with van der Waals surface area (Å²) < 4.78 is 0. The molecule has 1 aliphatic rings. The van der Waals surface area contributed by atoms with E-state index in [9.17, 15) is 9.59 Å². The summed E-state index contributed by atoms with van der Waals surface area (Å²) in [5, 5.41) is 9.12. The molecule has 1 fully saturated rings. The summed E-state index contributed by atoms with van der Waals surface area (Å²) in [6.07, 6.45) is 3.24. The van der Waals surface area contributed by atoms with Gasteiger partial charge in [0.05, 0.1) is 5.56 Å². The summed E-state index contributed by atoms with van der Waals surface area (Å²) in [6, 6.07) is 3.07. The van der Waals surface area contributed by atoms with Crippen molar-refractivity contribution in [2.24, 2.45) is 0 Å². The second-order valence-electron chi connectivity index (χ2n) is 5.16. The van der Waals surface area contributed by atoms with E-state index in [1.54, 1.807) is 11.9 Å². The molecular weight excluding hydrogens is 258 g/mol. The molecule has 6 heteroatoms. The summed E-state index contributed by atoms with van der Waals surface area (Å²) in [7, 11) is 3.78.